The molecule has 0 N–H and O–H groups in total. The molecule has 0 aromatic carbocycles. The maximum Gasteiger partial charge on any atom is 0.0924 e. The van der Waals surface area contributed by atoms with Crippen LogP contribution in [0.2, 0.25) is 0 Å². The summed E-state index contributed by atoms with van der Waals surface area (Å²) in [6.07, 6.45) is 5.29. The van der Waals surface area contributed by atoms with Crippen LogP contribution in [0.3, 0.4) is 0 Å². The van der Waals surface area contributed by atoms with Gasteiger partial charge in [-0.2, -0.15) is 5.26 Å². The first-order valence-electron chi connectivity index (χ1n) is 3.13. The first-order valence-corrected chi connectivity index (χ1v) is 3.13. The Morgan fingerprint density at radius 2 is 2.44 bits per heavy atom. The summed E-state index contributed by atoms with van der Waals surface area (Å²) in [5.74, 6) is 0.125. The molecule has 2 aliphatic rings. The SMILES string of the molecule is N#CC1C[C@@H]2C=C[C@H]1O2. The zero-order valence-corrected chi connectivity index (χ0v) is 4.95. The van der Waals surface area contributed by atoms with Crippen LogP contribution in [0.4, 0.5) is 0 Å². The lowest BCUT2D eigenvalue weighted by Crippen LogP contribution is -2.09. The lowest BCUT2D eigenvalue weighted by Gasteiger charge is -2.03. The van der Waals surface area contributed by atoms with E-state index in [0.29, 0.717) is 0 Å². The maximum absolute atomic E-state index is 8.52. The first-order chi connectivity index (χ1) is 4.40. The highest BCUT2D eigenvalue weighted by molar-refractivity contribution is 5.15. The molecule has 2 nitrogen and oxygen atoms in total. The Hall–Kier alpha value is -0.810. The van der Waals surface area contributed by atoms with E-state index in [-0.39, 0.29) is 18.1 Å². The van der Waals surface area contributed by atoms with E-state index in [0.717, 1.165) is 6.42 Å². The largest absolute Gasteiger partial charge is 0.365 e. The summed E-state index contributed by atoms with van der Waals surface area (Å²) in [5, 5.41) is 8.52. The fraction of sp³-hybridized carbons (Fsp3) is 0.571. The van der Waals surface area contributed by atoms with Gasteiger partial charge >= 0.3 is 0 Å². The highest BCUT2D eigenvalue weighted by Gasteiger charge is 2.36. The normalized spacial score (nSPS) is 45.4. The third kappa shape index (κ3) is 0.585. The minimum atomic E-state index is 0.111. The average Bonchev–Trinajstić information content (AvgIpc) is 2.45. The third-order valence-corrected chi connectivity index (χ3v) is 1.90. The fourth-order valence-corrected chi connectivity index (χ4v) is 1.40. The number of nitrogens with zero attached hydrogens (tertiary/aromatic N) is 1. The Kier molecular flexibility index (Phi) is 0.882. The molecule has 46 valence electrons. The summed E-state index contributed by atoms with van der Waals surface area (Å²) in [4.78, 5) is 0. The molecule has 0 amide bonds. The van der Waals surface area contributed by atoms with Gasteiger partial charge in [0, 0.05) is 0 Å². The van der Waals surface area contributed by atoms with Gasteiger partial charge in [0.2, 0.25) is 0 Å². The van der Waals surface area contributed by atoms with E-state index in [4.69, 9.17) is 10.00 Å². The molecule has 1 fully saturated rings. The Balaban J connectivity index is 2.22. The molecular formula is C7H7NO. The Labute approximate surface area is 53.7 Å². The lowest BCUT2D eigenvalue weighted by molar-refractivity contribution is 0.114. The molecule has 0 radical (unpaired) electrons. The summed E-state index contributed by atoms with van der Waals surface area (Å²) >= 11 is 0. The second kappa shape index (κ2) is 1.58. The van der Waals surface area contributed by atoms with Crippen LogP contribution in [0.1, 0.15) is 6.42 Å². The van der Waals surface area contributed by atoms with Crippen LogP contribution in [0.15, 0.2) is 12.2 Å². The highest BCUT2D eigenvalue weighted by Crippen LogP contribution is 2.32. The predicted octanol–water partition coefficient (Wildman–Crippen LogP) is 0.853. The van der Waals surface area contributed by atoms with Gasteiger partial charge in [0.1, 0.15) is 0 Å². The van der Waals surface area contributed by atoms with E-state index in [9.17, 15) is 0 Å². The molecular weight excluding hydrogens is 114 g/mol. The van der Waals surface area contributed by atoms with Crippen molar-refractivity contribution < 1.29 is 4.74 Å². The summed E-state index contributed by atoms with van der Waals surface area (Å²) < 4.78 is 5.34. The number of rotatable bonds is 0. The quantitative estimate of drug-likeness (QED) is 0.445. The summed E-state index contributed by atoms with van der Waals surface area (Å²) in [7, 11) is 0. The molecule has 2 bridgehead atoms. The number of nitriles is 1. The summed E-state index contributed by atoms with van der Waals surface area (Å²) in [6.45, 7) is 0. The molecule has 2 aliphatic heterocycles. The van der Waals surface area contributed by atoms with E-state index in [2.05, 4.69) is 6.07 Å². The zero-order chi connectivity index (χ0) is 6.27. The van der Waals surface area contributed by atoms with Gasteiger partial charge < -0.3 is 4.74 Å². The second-order valence-electron chi connectivity index (χ2n) is 2.50. The van der Waals surface area contributed by atoms with Gasteiger partial charge in [0.25, 0.3) is 0 Å². The molecule has 0 aliphatic carbocycles. The van der Waals surface area contributed by atoms with Gasteiger partial charge in [-0.25, -0.2) is 0 Å². The van der Waals surface area contributed by atoms with Crippen LogP contribution >= 0.6 is 0 Å². The molecule has 0 spiro atoms. The molecule has 2 heteroatoms. The lowest BCUT2D eigenvalue weighted by atomic mass is 9.96. The van der Waals surface area contributed by atoms with Crippen molar-refractivity contribution in [2.75, 3.05) is 0 Å². The van der Waals surface area contributed by atoms with Crippen molar-refractivity contribution in [3.05, 3.63) is 12.2 Å². The van der Waals surface area contributed by atoms with E-state index in [1.165, 1.54) is 0 Å². The van der Waals surface area contributed by atoms with Crippen LogP contribution in [-0.4, -0.2) is 12.2 Å². The number of hydrogen-bond acceptors (Lipinski definition) is 2. The zero-order valence-electron chi connectivity index (χ0n) is 4.95. The number of ether oxygens (including phenoxy) is 1. The smallest absolute Gasteiger partial charge is 0.0924 e. The monoisotopic (exact) mass is 121 g/mol. The van der Waals surface area contributed by atoms with Gasteiger partial charge in [0.15, 0.2) is 0 Å². The second-order valence-corrected chi connectivity index (χ2v) is 2.50. The highest BCUT2D eigenvalue weighted by atomic mass is 16.5. The number of hydrogen-bond donors (Lipinski definition) is 0. The van der Waals surface area contributed by atoms with E-state index < -0.39 is 0 Å². The maximum atomic E-state index is 8.52. The van der Waals surface area contributed by atoms with Gasteiger partial charge in [-0.3, -0.25) is 0 Å². The predicted molar refractivity (Wildman–Crippen MR) is 31.5 cm³/mol. The van der Waals surface area contributed by atoms with Crippen molar-refractivity contribution in [3.8, 4) is 6.07 Å². The minimum absolute atomic E-state index is 0.111. The van der Waals surface area contributed by atoms with Gasteiger partial charge in [-0.15, -0.1) is 0 Å². The Morgan fingerprint density at radius 3 is 2.78 bits per heavy atom. The molecule has 1 unspecified atom stereocenters. The van der Waals surface area contributed by atoms with Gasteiger partial charge in [-0.1, -0.05) is 12.2 Å². The molecule has 2 heterocycles. The third-order valence-electron chi connectivity index (χ3n) is 1.90. The topological polar surface area (TPSA) is 33.0 Å². The van der Waals surface area contributed by atoms with Crippen molar-refractivity contribution in [2.24, 2.45) is 5.92 Å². The number of fused-ring (bicyclic) bond motifs is 2. The van der Waals surface area contributed by atoms with Crippen molar-refractivity contribution >= 4 is 0 Å². The van der Waals surface area contributed by atoms with E-state index in [1.807, 2.05) is 12.2 Å². The minimum Gasteiger partial charge on any atom is -0.365 e. The van der Waals surface area contributed by atoms with Gasteiger partial charge in [0.05, 0.1) is 24.2 Å². The molecule has 3 atom stereocenters. The summed E-state index contributed by atoms with van der Waals surface area (Å²) in [5.41, 5.74) is 0. The average molecular weight is 121 g/mol. The van der Waals surface area contributed by atoms with E-state index >= 15 is 0 Å². The molecule has 9 heavy (non-hydrogen) atoms. The van der Waals surface area contributed by atoms with Crippen molar-refractivity contribution in [1.29, 1.82) is 5.26 Å². The van der Waals surface area contributed by atoms with E-state index in [1.54, 1.807) is 0 Å². The fourth-order valence-electron chi connectivity index (χ4n) is 1.40. The van der Waals surface area contributed by atoms with Crippen LogP contribution in [-0.2, 0) is 4.74 Å². The van der Waals surface area contributed by atoms with Crippen molar-refractivity contribution in [2.45, 2.75) is 18.6 Å². The van der Waals surface area contributed by atoms with Crippen molar-refractivity contribution in [1.82, 2.24) is 0 Å². The molecule has 0 aromatic heterocycles. The van der Waals surface area contributed by atoms with Crippen LogP contribution in [0, 0.1) is 17.2 Å². The molecule has 0 saturated carbocycles. The summed E-state index contributed by atoms with van der Waals surface area (Å²) in [6, 6.07) is 2.22. The first kappa shape index (κ1) is 5.01. The standard InChI is InChI=1S/C7H7NO/c8-4-5-3-6-1-2-7(5)9-6/h1-2,5-7H,3H2/t5?,6-,7+/m0/s1. The van der Waals surface area contributed by atoms with Crippen LogP contribution in [0.5, 0.6) is 0 Å². The van der Waals surface area contributed by atoms with Crippen molar-refractivity contribution in [3.63, 3.8) is 0 Å². The Morgan fingerprint density at radius 1 is 1.56 bits per heavy atom. The molecule has 0 aromatic rings. The van der Waals surface area contributed by atoms with Gasteiger partial charge in [-0.05, 0) is 6.42 Å². The van der Waals surface area contributed by atoms with Crippen LogP contribution < -0.4 is 0 Å². The molecule has 1 saturated heterocycles. The Bertz CT molecular complexity index is 192. The molecule has 2 rings (SSSR count). The van der Waals surface area contributed by atoms with Crippen LogP contribution in [0.25, 0.3) is 0 Å².